The Morgan fingerprint density at radius 3 is 2.80 bits per heavy atom. The predicted molar refractivity (Wildman–Crippen MR) is 90.2 cm³/mol. The summed E-state index contributed by atoms with van der Waals surface area (Å²) >= 11 is 0. The number of hydrogen-bond donors (Lipinski definition) is 2. The minimum Gasteiger partial charge on any atom is -0.290 e. The molecule has 0 spiro atoms. The van der Waals surface area contributed by atoms with E-state index in [1.54, 1.807) is 6.07 Å². The molecule has 3 rings (SSSR count). The van der Waals surface area contributed by atoms with E-state index in [9.17, 15) is 13.2 Å². The Labute approximate surface area is 145 Å². The monoisotopic (exact) mass is 364 g/mol. The van der Waals surface area contributed by atoms with Gasteiger partial charge in [0, 0.05) is 25.5 Å². The van der Waals surface area contributed by atoms with Gasteiger partial charge in [0.1, 0.15) is 22.7 Å². The molecule has 1 aliphatic heterocycles. The Morgan fingerprint density at radius 2 is 2.16 bits per heavy atom. The Balaban J connectivity index is 1.82. The fourth-order valence-electron chi connectivity index (χ4n) is 2.83. The number of amides is 1. The minimum atomic E-state index is -3.54. The first kappa shape index (κ1) is 17.5. The number of rotatable bonds is 4. The maximum Gasteiger partial charge on any atom is 0.285 e. The van der Waals surface area contributed by atoms with Crippen molar-refractivity contribution >= 4 is 15.9 Å². The van der Waals surface area contributed by atoms with E-state index in [4.69, 9.17) is 5.84 Å². The number of carbonyl (C=O) groups is 1. The number of aromatic nitrogens is 3. The van der Waals surface area contributed by atoms with E-state index in [0.717, 1.165) is 12.8 Å². The quantitative estimate of drug-likeness (QED) is 0.457. The third kappa shape index (κ3) is 3.55. The molecule has 9 nitrogen and oxygen atoms in total. The van der Waals surface area contributed by atoms with E-state index in [1.165, 1.54) is 33.7 Å². The van der Waals surface area contributed by atoms with E-state index < -0.39 is 15.9 Å². The zero-order valence-corrected chi connectivity index (χ0v) is 14.6. The van der Waals surface area contributed by atoms with Gasteiger partial charge in [-0.3, -0.25) is 14.8 Å². The van der Waals surface area contributed by atoms with Gasteiger partial charge < -0.3 is 0 Å². The molecule has 2 aromatic rings. The summed E-state index contributed by atoms with van der Waals surface area (Å²) in [6.45, 7) is 3.12. The molecule has 1 unspecified atom stereocenters. The van der Waals surface area contributed by atoms with Gasteiger partial charge in [-0.2, -0.15) is 4.31 Å². The van der Waals surface area contributed by atoms with Crippen LogP contribution in [0.2, 0.25) is 0 Å². The van der Waals surface area contributed by atoms with Crippen LogP contribution in [0, 0.1) is 5.92 Å². The van der Waals surface area contributed by atoms with Crippen molar-refractivity contribution < 1.29 is 13.2 Å². The number of nitrogens with zero attached hydrogens (tertiary/aromatic N) is 4. The highest BCUT2D eigenvalue weighted by Gasteiger charge is 2.28. The molecule has 3 heterocycles. The Kier molecular flexibility index (Phi) is 4.84. The smallest absolute Gasteiger partial charge is 0.285 e. The van der Waals surface area contributed by atoms with E-state index in [1.807, 2.05) is 5.43 Å². The molecular formula is C15H20N6O3S. The number of hydrogen-bond acceptors (Lipinski definition) is 6. The number of nitrogens with one attached hydrogen (secondary N) is 1. The highest BCUT2D eigenvalue weighted by Crippen LogP contribution is 2.23. The maximum absolute atomic E-state index is 12.7. The third-order valence-corrected chi connectivity index (χ3v) is 6.04. The van der Waals surface area contributed by atoms with Crippen molar-refractivity contribution in [1.29, 1.82) is 0 Å². The zero-order chi connectivity index (χ0) is 18.0. The van der Waals surface area contributed by atoms with Crippen LogP contribution in [0.4, 0.5) is 0 Å². The number of imidazole rings is 1. The van der Waals surface area contributed by atoms with Crippen LogP contribution < -0.4 is 11.3 Å². The molecule has 10 heteroatoms. The second kappa shape index (κ2) is 6.90. The fourth-order valence-corrected chi connectivity index (χ4v) is 4.38. The molecule has 134 valence electrons. The van der Waals surface area contributed by atoms with E-state index in [2.05, 4.69) is 16.9 Å². The van der Waals surface area contributed by atoms with Gasteiger partial charge in [0.25, 0.3) is 5.91 Å². The molecule has 0 aliphatic carbocycles. The lowest BCUT2D eigenvalue weighted by Crippen LogP contribution is -2.39. The first-order chi connectivity index (χ1) is 11.9. The SMILES string of the molecule is CC1CCCN(S(=O)(=O)c2ccc(-n3cnc(C(=O)NN)c3)nc2)C1. The lowest BCUT2D eigenvalue weighted by Gasteiger charge is -2.29. The van der Waals surface area contributed by atoms with Gasteiger partial charge >= 0.3 is 0 Å². The van der Waals surface area contributed by atoms with Gasteiger partial charge in [0.15, 0.2) is 0 Å². The van der Waals surface area contributed by atoms with Crippen LogP contribution >= 0.6 is 0 Å². The van der Waals surface area contributed by atoms with Crippen molar-refractivity contribution in [2.45, 2.75) is 24.7 Å². The first-order valence-corrected chi connectivity index (χ1v) is 9.37. The summed E-state index contributed by atoms with van der Waals surface area (Å²) in [6.07, 6.45) is 6.11. The summed E-state index contributed by atoms with van der Waals surface area (Å²) < 4.78 is 28.5. The first-order valence-electron chi connectivity index (χ1n) is 7.93. The highest BCUT2D eigenvalue weighted by atomic mass is 32.2. The zero-order valence-electron chi connectivity index (χ0n) is 13.8. The average molecular weight is 364 g/mol. The predicted octanol–water partition coefficient (Wildman–Crippen LogP) is 0.291. The number of nitrogens with two attached hydrogens (primary N) is 1. The fraction of sp³-hybridized carbons (Fsp3) is 0.400. The summed E-state index contributed by atoms with van der Waals surface area (Å²) in [4.78, 5) is 19.7. The molecule has 3 N–H and O–H groups in total. The molecule has 1 atom stereocenters. The molecule has 0 bridgehead atoms. The molecule has 0 aromatic carbocycles. The van der Waals surface area contributed by atoms with Crippen LogP contribution in [0.15, 0.2) is 35.7 Å². The van der Waals surface area contributed by atoms with Gasteiger partial charge in [-0.1, -0.05) is 6.92 Å². The Bertz CT molecular complexity index is 862. The third-order valence-electron chi connectivity index (χ3n) is 4.19. The van der Waals surface area contributed by atoms with Crippen LogP contribution in [0.1, 0.15) is 30.3 Å². The molecule has 1 saturated heterocycles. The number of nitrogen functional groups attached to an aromatic ring is 1. The van der Waals surface area contributed by atoms with Crippen LogP contribution in [0.3, 0.4) is 0 Å². The average Bonchev–Trinajstić information content (AvgIpc) is 3.11. The second-order valence-electron chi connectivity index (χ2n) is 6.10. The summed E-state index contributed by atoms with van der Waals surface area (Å²) in [6, 6.07) is 3.09. The van der Waals surface area contributed by atoms with E-state index in [0.29, 0.717) is 24.8 Å². The van der Waals surface area contributed by atoms with Crippen molar-refractivity contribution in [3.63, 3.8) is 0 Å². The highest BCUT2D eigenvalue weighted by molar-refractivity contribution is 7.89. The maximum atomic E-state index is 12.7. The minimum absolute atomic E-state index is 0.142. The van der Waals surface area contributed by atoms with Gasteiger partial charge in [-0.05, 0) is 30.9 Å². The van der Waals surface area contributed by atoms with Crippen LogP contribution in [-0.4, -0.2) is 46.3 Å². The Morgan fingerprint density at radius 1 is 1.36 bits per heavy atom. The second-order valence-corrected chi connectivity index (χ2v) is 8.04. The summed E-state index contributed by atoms with van der Waals surface area (Å²) in [5.74, 6) is 5.36. The van der Waals surface area contributed by atoms with Crippen LogP contribution in [-0.2, 0) is 10.0 Å². The molecule has 0 saturated carbocycles. The van der Waals surface area contributed by atoms with Gasteiger partial charge in [-0.15, -0.1) is 0 Å². The van der Waals surface area contributed by atoms with Crippen LogP contribution in [0.25, 0.3) is 5.82 Å². The van der Waals surface area contributed by atoms with Crippen molar-refractivity contribution in [3.05, 3.63) is 36.5 Å². The summed E-state index contributed by atoms with van der Waals surface area (Å²) in [5, 5.41) is 0. The van der Waals surface area contributed by atoms with Crippen molar-refractivity contribution in [3.8, 4) is 5.82 Å². The molecule has 2 aromatic heterocycles. The lowest BCUT2D eigenvalue weighted by atomic mass is 10.0. The lowest BCUT2D eigenvalue weighted by molar-refractivity contribution is 0.0949. The van der Waals surface area contributed by atoms with Crippen molar-refractivity contribution in [1.82, 2.24) is 24.3 Å². The van der Waals surface area contributed by atoms with Gasteiger partial charge in [-0.25, -0.2) is 24.2 Å². The number of carbonyl (C=O) groups excluding carboxylic acids is 1. The number of pyridine rings is 1. The topological polar surface area (TPSA) is 123 Å². The Hall–Kier alpha value is -2.30. The van der Waals surface area contributed by atoms with Crippen molar-refractivity contribution in [2.24, 2.45) is 11.8 Å². The van der Waals surface area contributed by atoms with Crippen LogP contribution in [0.5, 0.6) is 0 Å². The number of sulfonamides is 1. The molecule has 1 aliphatic rings. The normalized spacial score (nSPS) is 18.9. The largest absolute Gasteiger partial charge is 0.290 e. The molecule has 25 heavy (non-hydrogen) atoms. The molecular weight excluding hydrogens is 344 g/mol. The molecule has 0 radical (unpaired) electrons. The van der Waals surface area contributed by atoms with E-state index in [-0.39, 0.29) is 10.6 Å². The number of piperidine rings is 1. The molecule has 1 amide bonds. The summed E-state index contributed by atoms with van der Waals surface area (Å²) in [5.41, 5.74) is 2.14. The standard InChI is InChI=1S/C15H20N6O3S/c1-11-3-2-6-21(8-11)25(23,24)12-4-5-14(17-7-12)20-9-13(18-10-20)15(22)19-16/h4-5,7,9-11H,2-3,6,8,16H2,1H3,(H,19,22). The number of hydrazine groups is 1. The van der Waals surface area contributed by atoms with Gasteiger partial charge in [0.05, 0.1) is 0 Å². The van der Waals surface area contributed by atoms with Gasteiger partial charge in [0.2, 0.25) is 10.0 Å². The molecule has 1 fully saturated rings. The van der Waals surface area contributed by atoms with E-state index >= 15 is 0 Å². The summed E-state index contributed by atoms with van der Waals surface area (Å²) in [7, 11) is -3.54. The van der Waals surface area contributed by atoms with Crippen molar-refractivity contribution in [2.75, 3.05) is 13.1 Å².